The number of halogens is 3. The highest BCUT2D eigenvalue weighted by Crippen LogP contribution is 2.25. The zero-order valence-electron chi connectivity index (χ0n) is 8.65. The highest BCUT2D eigenvalue weighted by molar-refractivity contribution is 5.29. The average molecular weight is 204 g/mol. The summed E-state index contributed by atoms with van der Waals surface area (Å²) >= 11 is 0. The van der Waals surface area contributed by atoms with Crippen LogP contribution in [0.2, 0.25) is 0 Å². The molecule has 0 atom stereocenters. The van der Waals surface area contributed by atoms with Gasteiger partial charge in [-0.1, -0.05) is 38.7 Å². The first-order valence-electron chi connectivity index (χ1n) is 4.39. The van der Waals surface area contributed by atoms with Crippen molar-refractivity contribution in [2.75, 3.05) is 0 Å². The molecule has 0 heterocycles. The van der Waals surface area contributed by atoms with E-state index in [-0.39, 0.29) is 5.92 Å². The average Bonchev–Trinajstić information content (AvgIpc) is 2.02. The summed E-state index contributed by atoms with van der Waals surface area (Å²) in [5, 5.41) is 0. The van der Waals surface area contributed by atoms with Crippen LogP contribution in [0.5, 0.6) is 0 Å². The lowest BCUT2D eigenvalue weighted by Crippen LogP contribution is -2.08. The maximum Gasteiger partial charge on any atom is 0.415 e. The molecule has 0 nitrogen and oxygen atoms in total. The summed E-state index contributed by atoms with van der Waals surface area (Å²) in [6.07, 6.45) is -0.0625. The van der Waals surface area contributed by atoms with Gasteiger partial charge in [0.2, 0.25) is 0 Å². The maximum absolute atomic E-state index is 12.0. The molecular formula is C11H15F3. The Kier molecular flexibility index (Phi) is 4.68. The molecule has 0 aliphatic rings. The van der Waals surface area contributed by atoms with Gasteiger partial charge in [0.1, 0.15) is 0 Å². The summed E-state index contributed by atoms with van der Waals surface area (Å²) in [6.45, 7) is 8.61. The van der Waals surface area contributed by atoms with Crippen LogP contribution in [0.4, 0.5) is 13.2 Å². The number of alkyl halides is 3. The molecule has 0 N–H and O–H groups in total. The van der Waals surface area contributed by atoms with E-state index in [1.54, 1.807) is 13.0 Å². The van der Waals surface area contributed by atoms with E-state index in [9.17, 15) is 13.2 Å². The van der Waals surface area contributed by atoms with E-state index in [0.717, 1.165) is 11.6 Å². The first-order valence-corrected chi connectivity index (χ1v) is 4.39. The molecule has 0 aliphatic carbocycles. The third kappa shape index (κ3) is 4.30. The number of hydrogen-bond acceptors (Lipinski definition) is 0. The first-order chi connectivity index (χ1) is 6.29. The van der Waals surface area contributed by atoms with Crippen molar-refractivity contribution < 1.29 is 13.2 Å². The fourth-order valence-corrected chi connectivity index (χ4v) is 0.913. The Morgan fingerprint density at radius 2 is 1.71 bits per heavy atom. The summed E-state index contributed by atoms with van der Waals surface area (Å²) < 4.78 is 36.1. The minimum absolute atomic E-state index is 0.220. The molecule has 0 spiro atoms. The van der Waals surface area contributed by atoms with Crippen molar-refractivity contribution in [2.45, 2.75) is 26.9 Å². The van der Waals surface area contributed by atoms with Crippen LogP contribution in [0.3, 0.4) is 0 Å². The molecule has 0 aromatic carbocycles. The Hall–Kier alpha value is -0.990. The fourth-order valence-electron chi connectivity index (χ4n) is 0.913. The van der Waals surface area contributed by atoms with Gasteiger partial charge in [-0.2, -0.15) is 13.2 Å². The van der Waals surface area contributed by atoms with Gasteiger partial charge in [0.25, 0.3) is 0 Å². The second-order valence-electron chi connectivity index (χ2n) is 3.30. The van der Waals surface area contributed by atoms with Gasteiger partial charge in [-0.25, -0.2) is 0 Å². The highest BCUT2D eigenvalue weighted by atomic mass is 19.4. The molecule has 0 saturated heterocycles. The molecule has 0 rings (SSSR count). The van der Waals surface area contributed by atoms with Crippen LogP contribution >= 0.6 is 0 Å². The second kappa shape index (κ2) is 5.03. The van der Waals surface area contributed by atoms with Gasteiger partial charge in [0.15, 0.2) is 0 Å². The minimum atomic E-state index is -4.33. The van der Waals surface area contributed by atoms with E-state index in [4.69, 9.17) is 0 Å². The van der Waals surface area contributed by atoms with E-state index >= 15 is 0 Å². The Bertz CT molecular complexity index is 254. The van der Waals surface area contributed by atoms with Gasteiger partial charge in [0, 0.05) is 5.57 Å². The van der Waals surface area contributed by atoms with Crippen molar-refractivity contribution >= 4 is 0 Å². The van der Waals surface area contributed by atoms with Crippen LogP contribution in [0, 0.1) is 5.92 Å². The van der Waals surface area contributed by atoms with Crippen LogP contribution in [0.1, 0.15) is 20.8 Å². The van der Waals surface area contributed by atoms with Crippen molar-refractivity contribution in [2.24, 2.45) is 5.92 Å². The number of hydrogen-bond donors (Lipinski definition) is 0. The third-order valence-electron chi connectivity index (χ3n) is 1.84. The predicted molar refractivity (Wildman–Crippen MR) is 52.9 cm³/mol. The van der Waals surface area contributed by atoms with E-state index in [1.165, 1.54) is 6.08 Å². The van der Waals surface area contributed by atoms with Crippen molar-refractivity contribution in [3.63, 3.8) is 0 Å². The summed E-state index contributed by atoms with van der Waals surface area (Å²) in [7, 11) is 0. The van der Waals surface area contributed by atoms with E-state index in [2.05, 4.69) is 6.58 Å². The summed E-state index contributed by atoms with van der Waals surface area (Å²) in [6, 6.07) is 0. The first kappa shape index (κ1) is 13.0. The SMILES string of the molecule is C=C(/C=C\C(=C/C)C(C)C)C(F)(F)F. The monoisotopic (exact) mass is 204 g/mol. The lowest BCUT2D eigenvalue weighted by atomic mass is 10.0. The Morgan fingerprint density at radius 1 is 1.21 bits per heavy atom. The Balaban J connectivity index is 4.53. The lowest BCUT2D eigenvalue weighted by molar-refractivity contribution is -0.0878. The fraction of sp³-hybridized carbons (Fsp3) is 0.455. The topological polar surface area (TPSA) is 0 Å². The molecule has 0 radical (unpaired) electrons. The van der Waals surface area contributed by atoms with Crippen molar-refractivity contribution in [3.8, 4) is 0 Å². The molecule has 0 saturated carbocycles. The van der Waals surface area contributed by atoms with Crippen LogP contribution in [-0.4, -0.2) is 6.18 Å². The van der Waals surface area contributed by atoms with Gasteiger partial charge in [-0.05, 0) is 18.4 Å². The van der Waals surface area contributed by atoms with Gasteiger partial charge >= 0.3 is 6.18 Å². The molecule has 3 heteroatoms. The Morgan fingerprint density at radius 3 is 2.00 bits per heavy atom. The van der Waals surface area contributed by atoms with Crippen molar-refractivity contribution in [1.29, 1.82) is 0 Å². The maximum atomic E-state index is 12.0. The summed E-state index contributed by atoms with van der Waals surface area (Å²) in [5.74, 6) is 0.220. The molecule has 80 valence electrons. The van der Waals surface area contributed by atoms with Gasteiger partial charge in [-0.3, -0.25) is 0 Å². The van der Waals surface area contributed by atoms with Crippen molar-refractivity contribution in [3.05, 3.63) is 36.0 Å². The van der Waals surface area contributed by atoms with Gasteiger partial charge in [0.05, 0.1) is 0 Å². The van der Waals surface area contributed by atoms with E-state index in [0.29, 0.717) is 0 Å². The second-order valence-corrected chi connectivity index (χ2v) is 3.30. The van der Waals surface area contributed by atoms with Crippen LogP contribution < -0.4 is 0 Å². The van der Waals surface area contributed by atoms with Crippen LogP contribution in [0.15, 0.2) is 36.0 Å². The van der Waals surface area contributed by atoms with Crippen LogP contribution in [0.25, 0.3) is 0 Å². The molecule has 0 amide bonds. The quantitative estimate of drug-likeness (QED) is 0.602. The van der Waals surface area contributed by atoms with E-state index < -0.39 is 11.7 Å². The van der Waals surface area contributed by atoms with Crippen LogP contribution in [-0.2, 0) is 0 Å². The molecule has 0 fully saturated rings. The zero-order chi connectivity index (χ0) is 11.4. The smallest absolute Gasteiger partial charge is 0.166 e. The highest BCUT2D eigenvalue weighted by Gasteiger charge is 2.29. The predicted octanol–water partition coefficient (Wildman–Crippen LogP) is 4.26. The third-order valence-corrected chi connectivity index (χ3v) is 1.84. The number of rotatable bonds is 3. The normalized spacial score (nSPS) is 14.1. The number of allylic oxidation sites excluding steroid dienone is 5. The summed E-state index contributed by atoms with van der Waals surface area (Å²) in [5.41, 5.74) is 0.0490. The minimum Gasteiger partial charge on any atom is -0.166 e. The molecule has 0 aliphatic heterocycles. The molecule has 14 heavy (non-hydrogen) atoms. The largest absolute Gasteiger partial charge is 0.415 e. The molecule has 0 aromatic rings. The molecule has 0 aromatic heterocycles. The molecule has 0 unspecified atom stereocenters. The standard InChI is InChI=1S/C11H15F3/c1-5-10(8(2)3)7-6-9(4)11(12,13)14/h5-8H,4H2,1-3H3/b7-6-,10-5+. The summed E-state index contributed by atoms with van der Waals surface area (Å²) in [4.78, 5) is 0. The zero-order valence-corrected chi connectivity index (χ0v) is 8.65. The van der Waals surface area contributed by atoms with Crippen molar-refractivity contribution in [1.82, 2.24) is 0 Å². The van der Waals surface area contributed by atoms with Gasteiger partial charge in [-0.15, -0.1) is 0 Å². The van der Waals surface area contributed by atoms with Gasteiger partial charge < -0.3 is 0 Å². The molecular weight excluding hydrogens is 189 g/mol. The molecule has 0 bridgehead atoms. The lowest BCUT2D eigenvalue weighted by Gasteiger charge is -2.07. The Labute approximate surface area is 82.8 Å². The van der Waals surface area contributed by atoms with E-state index in [1.807, 2.05) is 13.8 Å².